The SMILES string of the molecule is C[C@@H](N)CC1(c2nn[nH]n2)c2ccsc2CCc2sc(C(=O)N(C)C)cc21. The van der Waals surface area contributed by atoms with E-state index in [1.54, 1.807) is 41.7 Å². The molecule has 4 rings (SSSR count). The van der Waals surface area contributed by atoms with Gasteiger partial charge in [0.05, 0.1) is 10.3 Å². The molecule has 0 radical (unpaired) electrons. The zero-order valence-electron chi connectivity index (χ0n) is 15.5. The van der Waals surface area contributed by atoms with Crippen LogP contribution >= 0.6 is 22.7 Å². The van der Waals surface area contributed by atoms with Gasteiger partial charge in [0, 0.05) is 29.9 Å². The number of carbonyl (C=O) groups excluding carboxylic acids is 1. The second-order valence-electron chi connectivity index (χ2n) is 7.23. The molecule has 0 aromatic carbocycles. The van der Waals surface area contributed by atoms with E-state index in [0.29, 0.717) is 12.2 Å². The van der Waals surface area contributed by atoms with E-state index in [-0.39, 0.29) is 11.9 Å². The highest BCUT2D eigenvalue weighted by Gasteiger charge is 2.46. The number of aryl methyl sites for hydroxylation is 2. The molecule has 0 bridgehead atoms. The minimum atomic E-state index is -0.594. The predicted molar refractivity (Wildman–Crippen MR) is 106 cm³/mol. The number of tetrazole rings is 1. The largest absolute Gasteiger partial charge is 0.344 e. The molecule has 0 saturated heterocycles. The molecule has 9 heteroatoms. The molecule has 1 amide bonds. The molecule has 3 aromatic rings. The Morgan fingerprint density at radius 1 is 1.37 bits per heavy atom. The number of nitrogens with zero attached hydrogens (tertiary/aromatic N) is 4. The molecule has 3 heterocycles. The molecule has 0 spiro atoms. The van der Waals surface area contributed by atoms with Gasteiger partial charge in [0.15, 0.2) is 5.82 Å². The Labute approximate surface area is 165 Å². The summed E-state index contributed by atoms with van der Waals surface area (Å²) in [5.74, 6) is 0.630. The van der Waals surface area contributed by atoms with Gasteiger partial charge in [-0.2, -0.15) is 5.21 Å². The highest BCUT2D eigenvalue weighted by atomic mass is 32.1. The molecule has 1 aliphatic rings. The fourth-order valence-electron chi connectivity index (χ4n) is 3.97. The van der Waals surface area contributed by atoms with Gasteiger partial charge in [-0.1, -0.05) is 5.21 Å². The van der Waals surface area contributed by atoms with E-state index in [1.807, 2.05) is 13.0 Å². The van der Waals surface area contributed by atoms with Crippen LogP contribution in [0.3, 0.4) is 0 Å². The number of hydrogen-bond acceptors (Lipinski definition) is 7. The molecule has 7 nitrogen and oxygen atoms in total. The maximum atomic E-state index is 12.6. The van der Waals surface area contributed by atoms with Crippen molar-refractivity contribution in [2.45, 2.75) is 37.6 Å². The Hall–Kier alpha value is -2.10. The third-order valence-corrected chi connectivity index (χ3v) is 7.19. The van der Waals surface area contributed by atoms with Crippen LogP contribution in [0.1, 0.15) is 49.7 Å². The van der Waals surface area contributed by atoms with Crippen LogP contribution in [0.5, 0.6) is 0 Å². The minimum Gasteiger partial charge on any atom is -0.344 e. The van der Waals surface area contributed by atoms with Gasteiger partial charge in [-0.15, -0.1) is 32.9 Å². The normalized spacial score (nSPS) is 19.9. The first-order valence-electron chi connectivity index (χ1n) is 8.84. The molecular formula is C18H22N6OS2. The van der Waals surface area contributed by atoms with Crippen molar-refractivity contribution in [3.63, 3.8) is 0 Å². The van der Waals surface area contributed by atoms with E-state index >= 15 is 0 Å². The van der Waals surface area contributed by atoms with E-state index in [4.69, 9.17) is 5.73 Å². The second kappa shape index (κ2) is 6.81. The lowest BCUT2D eigenvalue weighted by Gasteiger charge is -2.32. The van der Waals surface area contributed by atoms with E-state index in [1.165, 1.54) is 15.3 Å². The summed E-state index contributed by atoms with van der Waals surface area (Å²) >= 11 is 3.33. The van der Waals surface area contributed by atoms with E-state index in [9.17, 15) is 4.79 Å². The van der Waals surface area contributed by atoms with Crippen LogP contribution in [0.15, 0.2) is 17.5 Å². The lowest BCUT2D eigenvalue weighted by atomic mass is 9.70. The maximum absolute atomic E-state index is 12.6. The van der Waals surface area contributed by atoms with Crippen molar-refractivity contribution in [1.29, 1.82) is 0 Å². The number of carbonyl (C=O) groups is 1. The number of hydrogen-bond donors (Lipinski definition) is 2. The molecule has 1 aliphatic carbocycles. The van der Waals surface area contributed by atoms with E-state index < -0.39 is 5.41 Å². The summed E-state index contributed by atoms with van der Waals surface area (Å²) in [5.41, 5.74) is 7.99. The Morgan fingerprint density at radius 3 is 2.81 bits per heavy atom. The molecule has 3 N–H and O–H groups in total. The molecule has 1 unspecified atom stereocenters. The lowest BCUT2D eigenvalue weighted by molar-refractivity contribution is 0.0832. The highest BCUT2D eigenvalue weighted by molar-refractivity contribution is 7.14. The summed E-state index contributed by atoms with van der Waals surface area (Å²) in [6, 6.07) is 4.10. The van der Waals surface area contributed by atoms with Crippen LogP contribution in [0.2, 0.25) is 0 Å². The molecule has 0 aliphatic heterocycles. The first kappa shape index (κ1) is 18.3. The van der Waals surface area contributed by atoms with Crippen molar-refractivity contribution in [2.24, 2.45) is 5.73 Å². The molecule has 142 valence electrons. The molecule has 27 heavy (non-hydrogen) atoms. The summed E-state index contributed by atoms with van der Waals surface area (Å²) in [4.78, 5) is 17.5. The Kier molecular flexibility index (Phi) is 4.61. The molecule has 0 fully saturated rings. The molecular weight excluding hydrogens is 380 g/mol. The molecule has 0 saturated carbocycles. The van der Waals surface area contributed by atoms with Crippen molar-refractivity contribution >= 4 is 28.6 Å². The van der Waals surface area contributed by atoms with Gasteiger partial charge in [0.2, 0.25) is 0 Å². The second-order valence-corrected chi connectivity index (χ2v) is 9.36. The number of thiophene rings is 2. The van der Waals surface area contributed by atoms with Gasteiger partial charge in [-0.05, 0) is 54.8 Å². The summed E-state index contributed by atoms with van der Waals surface area (Å²) in [5, 5.41) is 17.3. The Balaban J connectivity index is 2.01. The average molecular weight is 403 g/mol. The van der Waals surface area contributed by atoms with E-state index in [2.05, 4.69) is 32.1 Å². The third-order valence-electron chi connectivity index (χ3n) is 5.03. The summed E-state index contributed by atoms with van der Waals surface area (Å²) in [7, 11) is 3.55. The van der Waals surface area contributed by atoms with Gasteiger partial charge < -0.3 is 10.6 Å². The summed E-state index contributed by atoms with van der Waals surface area (Å²) in [6.45, 7) is 2.00. The van der Waals surface area contributed by atoms with Gasteiger partial charge >= 0.3 is 0 Å². The van der Waals surface area contributed by atoms with Gasteiger partial charge in [0.25, 0.3) is 5.91 Å². The summed E-state index contributed by atoms with van der Waals surface area (Å²) < 4.78 is 0. The predicted octanol–water partition coefficient (Wildman–Crippen LogP) is 2.19. The number of aromatic amines is 1. The number of amides is 1. The van der Waals surface area contributed by atoms with Gasteiger partial charge in [-0.3, -0.25) is 4.79 Å². The van der Waals surface area contributed by atoms with Crippen LogP contribution in [0.4, 0.5) is 0 Å². The molecule has 2 atom stereocenters. The zero-order chi connectivity index (χ0) is 19.2. The van der Waals surface area contributed by atoms with Crippen molar-refractivity contribution < 1.29 is 4.79 Å². The highest BCUT2D eigenvalue weighted by Crippen LogP contribution is 2.49. The van der Waals surface area contributed by atoms with Gasteiger partial charge in [0.1, 0.15) is 0 Å². The Bertz CT molecular complexity index is 959. The van der Waals surface area contributed by atoms with Crippen molar-refractivity contribution in [3.8, 4) is 0 Å². The minimum absolute atomic E-state index is 0.0152. The van der Waals surface area contributed by atoms with Crippen LogP contribution in [0.25, 0.3) is 0 Å². The van der Waals surface area contributed by atoms with Gasteiger partial charge in [-0.25, -0.2) is 0 Å². The van der Waals surface area contributed by atoms with Crippen LogP contribution in [-0.2, 0) is 18.3 Å². The number of H-pyrrole nitrogens is 1. The van der Waals surface area contributed by atoms with Crippen LogP contribution < -0.4 is 5.73 Å². The maximum Gasteiger partial charge on any atom is 0.263 e. The van der Waals surface area contributed by atoms with E-state index in [0.717, 1.165) is 23.3 Å². The fraction of sp³-hybridized carbons (Fsp3) is 0.444. The third kappa shape index (κ3) is 2.90. The fourth-order valence-corrected chi connectivity index (χ4v) is 6.18. The van der Waals surface area contributed by atoms with Crippen molar-refractivity contribution in [2.75, 3.05) is 14.1 Å². The summed E-state index contributed by atoms with van der Waals surface area (Å²) in [6.07, 6.45) is 2.48. The molecule has 3 aromatic heterocycles. The van der Waals surface area contributed by atoms with Crippen molar-refractivity contribution in [1.82, 2.24) is 25.5 Å². The monoisotopic (exact) mass is 402 g/mol. The van der Waals surface area contributed by atoms with Crippen molar-refractivity contribution in [3.05, 3.63) is 49.1 Å². The number of aromatic nitrogens is 4. The van der Waals surface area contributed by atoms with Crippen LogP contribution in [0, 0.1) is 0 Å². The lowest BCUT2D eigenvalue weighted by Crippen LogP contribution is -2.37. The first-order chi connectivity index (χ1) is 12.9. The topological polar surface area (TPSA) is 101 Å². The number of nitrogens with one attached hydrogen (secondary N) is 1. The first-order valence-corrected chi connectivity index (χ1v) is 10.5. The Morgan fingerprint density at radius 2 is 2.15 bits per heavy atom. The smallest absolute Gasteiger partial charge is 0.263 e. The average Bonchev–Trinajstić information content (AvgIpc) is 3.36. The number of nitrogens with two attached hydrogens (primary N) is 1. The number of fused-ring (bicyclic) bond motifs is 2. The number of rotatable bonds is 4. The zero-order valence-corrected chi connectivity index (χ0v) is 17.2. The standard InChI is InChI=1S/C18H22N6OS2/c1-10(19)9-18(17-20-22-23-21-17)11-6-7-26-13(11)4-5-14-12(18)8-15(27-14)16(25)24(2)3/h6-8,10H,4-5,9,19H2,1-3H3,(H,20,21,22,23)/t10-,18?/m1/s1. The quantitative estimate of drug-likeness (QED) is 0.697. The van der Waals surface area contributed by atoms with Crippen LogP contribution in [-0.4, -0.2) is 51.6 Å².